The number of carboxylic acid groups (broad SMARTS) is 1. The van der Waals surface area contributed by atoms with E-state index in [2.05, 4.69) is 68.6 Å². The normalized spacial score (nSPS) is 9.76. The second-order valence-corrected chi connectivity index (χ2v) is 15.0. The van der Waals surface area contributed by atoms with Gasteiger partial charge in [-0.15, -0.1) is 0 Å². The van der Waals surface area contributed by atoms with Gasteiger partial charge in [-0.1, -0.05) is 15.9 Å². The molecule has 3 aromatic carbocycles. The van der Waals surface area contributed by atoms with E-state index in [1.807, 2.05) is 69.8 Å². The van der Waals surface area contributed by atoms with Crippen LogP contribution < -0.4 is 29.6 Å². The Hall–Kier alpha value is -5.29. The summed E-state index contributed by atoms with van der Waals surface area (Å²) in [7, 11) is 2.76. The number of carbonyl (C=O) groups excluding carboxylic acids is 2. The molecule has 62 heavy (non-hydrogen) atoms. The number of hydrogen-bond donors (Lipinski definition) is 1. The van der Waals surface area contributed by atoms with E-state index in [1.54, 1.807) is 12.1 Å². The van der Waals surface area contributed by atoms with Gasteiger partial charge in [-0.3, -0.25) is 0 Å². The Balaban J connectivity index is 0. The van der Waals surface area contributed by atoms with Crippen molar-refractivity contribution in [2.24, 2.45) is 0 Å². The van der Waals surface area contributed by atoms with E-state index in [-0.39, 0.29) is 78.1 Å². The van der Waals surface area contributed by atoms with E-state index >= 15 is 0 Å². The van der Waals surface area contributed by atoms with Crippen LogP contribution in [0.4, 0.5) is 11.4 Å². The molecule has 0 saturated carbocycles. The van der Waals surface area contributed by atoms with Crippen LogP contribution >= 0.6 is 15.9 Å². The van der Waals surface area contributed by atoms with E-state index in [0.29, 0.717) is 28.5 Å². The van der Waals surface area contributed by atoms with Crippen molar-refractivity contribution in [1.82, 2.24) is 13.7 Å². The number of fused-ring (bicyclic) bond motifs is 3. The third-order valence-electron chi connectivity index (χ3n) is 9.27. The van der Waals surface area contributed by atoms with Crippen LogP contribution in [0.15, 0.2) is 59.5 Å². The van der Waals surface area contributed by atoms with Gasteiger partial charge in [0.05, 0.1) is 49.6 Å². The molecule has 0 spiro atoms. The first-order valence-electron chi connectivity index (χ1n) is 18.1. The average Bonchev–Trinajstić information content (AvgIpc) is 3.87. The molecule has 0 aliphatic carbocycles. The summed E-state index contributed by atoms with van der Waals surface area (Å²) in [6, 6.07) is 11.3. The molecule has 3 heterocycles. The number of aromatic nitrogens is 3. The first kappa shape index (κ1) is 58.8. The van der Waals surface area contributed by atoms with Crippen LogP contribution in [0, 0.1) is 57.6 Å². The van der Waals surface area contributed by atoms with Gasteiger partial charge in [-0.25, -0.2) is 24.1 Å². The number of aryl methyl sites for hydroxylation is 3. The first-order chi connectivity index (χ1) is 27.9. The fourth-order valence-electron chi connectivity index (χ4n) is 6.82. The summed E-state index contributed by atoms with van der Waals surface area (Å²) in [6.45, 7) is 42.0. The van der Waals surface area contributed by atoms with Gasteiger partial charge >= 0.3 is 66.9 Å². The molecule has 0 amide bonds. The molecule has 2 N–H and O–H groups in total. The molecule has 0 saturated heterocycles. The number of esters is 2. The van der Waals surface area contributed by atoms with Gasteiger partial charge in [0.25, 0.3) is 0 Å². The molecule has 14 nitrogen and oxygen atoms in total. The van der Waals surface area contributed by atoms with E-state index in [0.717, 1.165) is 53.9 Å². The SMILES string of the molecule is COC(=O)c1cc(Br)cc2c1c(C)cn2C(C)C.[C-]#N.[C-]#N.[C-]#[N+]c1cc(C(=O)O)c2c(C)cn(C(C)C)c2c1.[C-]#[N+]c1cc(C(=O)OC)c2c(C)cn(C(C)C)c2c1.[Na+].[OH-].[Zn+2]. The number of aromatic carboxylic acids is 1. The van der Waals surface area contributed by atoms with E-state index in [4.69, 9.17) is 46.3 Å². The molecule has 314 valence electrons. The van der Waals surface area contributed by atoms with Crippen LogP contribution in [-0.4, -0.2) is 56.4 Å². The zero-order valence-electron chi connectivity index (χ0n) is 37.1. The monoisotopic (exact) mass is 963 g/mol. The van der Waals surface area contributed by atoms with Crippen LogP contribution in [0.25, 0.3) is 42.4 Å². The third kappa shape index (κ3) is 12.9. The molecule has 17 heteroatoms. The molecule has 0 fully saturated rings. The zero-order valence-corrected chi connectivity index (χ0v) is 43.6. The number of carbonyl (C=O) groups is 3. The Morgan fingerprint density at radius 1 is 0.613 bits per heavy atom. The fourth-order valence-corrected chi connectivity index (χ4v) is 7.27. The van der Waals surface area contributed by atoms with Gasteiger partial charge in [0.1, 0.15) is 0 Å². The molecule has 0 aliphatic rings. The molecule has 6 rings (SSSR count). The molecule has 6 aromatic rings. The second-order valence-electron chi connectivity index (χ2n) is 14.1. The number of methoxy groups -OCH3 is 2. The van der Waals surface area contributed by atoms with E-state index in [1.165, 1.54) is 20.3 Å². The minimum absolute atomic E-state index is 0. The minimum atomic E-state index is -0.991. The molecule has 0 unspecified atom stereocenters. The quantitative estimate of drug-likeness (QED) is 0.0966. The summed E-state index contributed by atoms with van der Waals surface area (Å²) < 4.78 is 16.8. The smallest absolute Gasteiger partial charge is 0.870 e. The number of carboxylic acids is 1. The Kier molecular flexibility index (Phi) is 24.9. The van der Waals surface area contributed by atoms with Gasteiger partial charge in [-0.2, -0.15) is 0 Å². The van der Waals surface area contributed by atoms with E-state index in [9.17, 15) is 19.5 Å². The van der Waals surface area contributed by atoms with Crippen LogP contribution in [0.2, 0.25) is 0 Å². The Morgan fingerprint density at radius 3 is 1.19 bits per heavy atom. The van der Waals surface area contributed by atoms with Gasteiger partial charge in [0.15, 0.2) is 11.4 Å². The molecule has 3 aromatic heterocycles. The van der Waals surface area contributed by atoms with Gasteiger partial charge in [0, 0.05) is 68.4 Å². The fraction of sp³-hybridized carbons (Fsp3) is 0.311. The summed E-state index contributed by atoms with van der Waals surface area (Å²) in [4.78, 5) is 41.8. The summed E-state index contributed by atoms with van der Waals surface area (Å²) in [5.41, 5.74) is 7.89. The number of ether oxygens (including phenoxy) is 2. The summed E-state index contributed by atoms with van der Waals surface area (Å²) in [5.74, 6) is -1.69. The minimum Gasteiger partial charge on any atom is -0.870 e. The number of benzene rings is 3. The Labute approximate surface area is 406 Å². The van der Waals surface area contributed by atoms with Crippen molar-refractivity contribution in [3.63, 3.8) is 0 Å². The van der Waals surface area contributed by atoms with Crippen molar-refractivity contribution in [3.8, 4) is 0 Å². The zero-order chi connectivity index (χ0) is 45.0. The molecular weight excluding hydrogens is 919 g/mol. The van der Waals surface area contributed by atoms with Crippen molar-refractivity contribution in [1.29, 1.82) is 10.5 Å². The predicted octanol–water partition coefficient (Wildman–Crippen LogP) is 8.74. The molecular formula is C45H47BrN7NaO7Zn. The summed E-state index contributed by atoms with van der Waals surface area (Å²) in [6.07, 6.45) is 6.03. The maximum atomic E-state index is 11.9. The van der Waals surface area contributed by atoms with Crippen molar-refractivity contribution < 1.29 is 83.5 Å². The average molecular weight is 966 g/mol. The standard InChI is InChI=1S/C15H16N2O2.C14H16BrNO2.C14H14N2O2.2CN.Na.H2O.Zn/c1-9(2)17-8-10(3)14-12(15(18)19-5)6-11(16-4)7-13(14)17;1-8(2)16-7-9(3)13-11(14(17)18-4)5-10(15)6-12(13)16;1-8(2)16-7-9(3)13-11(14(17)18)5-10(15-4)6-12(13)16;2*1-2;;;/h6-9H,1-3,5H3;5-8H,1-4H3;5-8H,1-3H3,(H,17,18);;;;1H2;/q;;;2*-1;+1;;+2/p-1. The van der Waals surface area contributed by atoms with Gasteiger partial charge in [0.2, 0.25) is 0 Å². The van der Waals surface area contributed by atoms with Gasteiger partial charge < -0.3 is 57.4 Å². The van der Waals surface area contributed by atoms with Crippen molar-refractivity contribution >= 4 is 77.9 Å². The molecule has 0 bridgehead atoms. The van der Waals surface area contributed by atoms with E-state index < -0.39 is 11.9 Å². The predicted molar refractivity (Wildman–Crippen MR) is 233 cm³/mol. The van der Waals surface area contributed by atoms with Crippen LogP contribution in [-0.2, 0) is 29.0 Å². The van der Waals surface area contributed by atoms with Crippen LogP contribution in [0.3, 0.4) is 0 Å². The largest absolute Gasteiger partial charge is 2.00 e. The second kappa shape index (κ2) is 26.2. The molecule has 0 aliphatic heterocycles. The summed E-state index contributed by atoms with van der Waals surface area (Å²) in [5, 5.41) is 24.3. The Morgan fingerprint density at radius 2 is 0.903 bits per heavy atom. The maximum absolute atomic E-state index is 11.9. The third-order valence-corrected chi connectivity index (χ3v) is 9.73. The number of nitrogens with zero attached hydrogens (tertiary/aromatic N) is 7. The maximum Gasteiger partial charge on any atom is 2.00 e. The van der Waals surface area contributed by atoms with Crippen molar-refractivity contribution in [3.05, 3.63) is 129 Å². The molecule has 0 atom stereocenters. The Bertz CT molecular complexity index is 2660. The first-order valence-corrected chi connectivity index (χ1v) is 18.9. The summed E-state index contributed by atoms with van der Waals surface area (Å²) >= 11 is 3.45. The van der Waals surface area contributed by atoms with Crippen LogP contribution in [0.1, 0.15) is 107 Å². The number of halogens is 1. The van der Waals surface area contributed by atoms with Crippen molar-refractivity contribution in [2.75, 3.05) is 14.2 Å². The number of hydrogen-bond acceptors (Lipinski definition) is 8. The number of rotatable bonds is 6. The van der Waals surface area contributed by atoms with Gasteiger partial charge in [-0.05, 0) is 115 Å². The topological polar surface area (TPSA) is 191 Å². The van der Waals surface area contributed by atoms with Crippen LogP contribution in [0.5, 0.6) is 0 Å². The molecule has 0 radical (unpaired) electrons. The van der Waals surface area contributed by atoms with Crippen molar-refractivity contribution in [2.45, 2.75) is 80.4 Å².